The molecular weight excluding hydrogens is 357 g/mol. The smallest absolute Gasteiger partial charge is 0.109 e. The van der Waals surface area contributed by atoms with Crippen LogP contribution in [0.1, 0.15) is 6.42 Å². The molecule has 0 aromatic carbocycles. The van der Waals surface area contributed by atoms with Crippen LogP contribution < -0.4 is 0 Å². The molecule has 98 valence electrons. The summed E-state index contributed by atoms with van der Waals surface area (Å²) in [6, 6.07) is 0. The van der Waals surface area contributed by atoms with Crippen molar-refractivity contribution in [1.82, 2.24) is 0 Å². The van der Waals surface area contributed by atoms with Crippen LogP contribution in [0.25, 0.3) is 0 Å². The second-order valence-electron chi connectivity index (χ2n) is 5.63. The van der Waals surface area contributed by atoms with Gasteiger partial charge in [0, 0.05) is 0 Å². The van der Waals surface area contributed by atoms with E-state index < -0.39 is 14.1 Å². The summed E-state index contributed by atoms with van der Waals surface area (Å²) >= 11 is 39.2. The fourth-order valence-electron chi connectivity index (χ4n) is 4.48. The van der Waals surface area contributed by atoms with Crippen molar-refractivity contribution in [3.63, 3.8) is 0 Å². The lowest BCUT2D eigenvalue weighted by Crippen LogP contribution is -2.46. The maximum atomic E-state index is 6.76. The van der Waals surface area contributed by atoms with E-state index in [0.29, 0.717) is 21.9 Å². The lowest BCUT2D eigenvalue weighted by Gasteiger charge is -2.37. The van der Waals surface area contributed by atoms with Gasteiger partial charge in [0.1, 0.15) is 9.75 Å². The van der Waals surface area contributed by atoms with E-state index in [0.717, 1.165) is 6.42 Å². The Morgan fingerprint density at radius 3 is 1.61 bits per heavy atom. The van der Waals surface area contributed by atoms with Gasteiger partial charge in [-0.1, -0.05) is 58.6 Å². The maximum absolute atomic E-state index is 6.76. The van der Waals surface area contributed by atoms with Crippen molar-refractivity contribution < 1.29 is 0 Å². The van der Waals surface area contributed by atoms with Gasteiger partial charge in [-0.15, -0.1) is 23.2 Å². The molecule has 6 atom stereocenters. The monoisotopic (exact) mass is 362 g/mol. The zero-order chi connectivity index (χ0) is 13.1. The normalized spacial score (nSPS) is 58.8. The van der Waals surface area contributed by atoms with Gasteiger partial charge in [0.2, 0.25) is 0 Å². The third-order valence-electron chi connectivity index (χ3n) is 5.12. The van der Waals surface area contributed by atoms with Crippen molar-refractivity contribution in [3.8, 4) is 0 Å². The molecule has 0 aliphatic heterocycles. The van der Waals surface area contributed by atoms with Crippen LogP contribution in [0.5, 0.6) is 0 Å². The molecule has 0 radical (unpaired) electrons. The van der Waals surface area contributed by atoms with Crippen LogP contribution in [0.15, 0.2) is 22.2 Å². The molecule has 4 aliphatic carbocycles. The van der Waals surface area contributed by atoms with Crippen LogP contribution in [0.4, 0.5) is 0 Å². The summed E-state index contributed by atoms with van der Waals surface area (Å²) < 4.78 is -1.37. The Balaban J connectivity index is 2.03. The topological polar surface area (TPSA) is 0 Å². The van der Waals surface area contributed by atoms with Crippen LogP contribution in [0, 0.1) is 23.7 Å². The first-order chi connectivity index (χ1) is 8.28. The van der Waals surface area contributed by atoms with Crippen LogP contribution in [-0.2, 0) is 0 Å². The minimum absolute atomic E-state index is 0.0664. The van der Waals surface area contributed by atoms with E-state index in [1.807, 2.05) is 0 Å². The standard InChI is InChI=1S/C12H8Cl6/c13-8-9(14)11(16)7-5-2-1-4(3-5)6(7)10(8,15)12(11,17)18/h1-2,4-7H,3H2/t4-,5-,6-,7+,10-,11+/m0/s1. The molecule has 0 heterocycles. The highest BCUT2D eigenvalue weighted by Crippen LogP contribution is 2.81. The molecule has 0 aromatic heterocycles. The fourth-order valence-corrected chi connectivity index (χ4v) is 7.61. The first kappa shape index (κ1) is 12.9. The highest BCUT2D eigenvalue weighted by Gasteiger charge is 2.85. The Morgan fingerprint density at radius 2 is 1.22 bits per heavy atom. The maximum Gasteiger partial charge on any atom is 0.166 e. The number of allylic oxidation sites excluding steroid dienone is 4. The lowest BCUT2D eigenvalue weighted by molar-refractivity contribution is 0.305. The largest absolute Gasteiger partial charge is 0.166 e. The van der Waals surface area contributed by atoms with Gasteiger partial charge in [-0.3, -0.25) is 0 Å². The number of rotatable bonds is 0. The summed E-state index contributed by atoms with van der Waals surface area (Å²) in [5, 5.41) is 0.654. The van der Waals surface area contributed by atoms with Gasteiger partial charge in [-0.25, -0.2) is 0 Å². The van der Waals surface area contributed by atoms with E-state index >= 15 is 0 Å². The van der Waals surface area contributed by atoms with Crippen molar-refractivity contribution in [2.75, 3.05) is 0 Å². The molecule has 0 aromatic rings. The molecule has 0 unspecified atom stereocenters. The Bertz CT molecular complexity index is 481. The molecule has 0 amide bonds. The van der Waals surface area contributed by atoms with Crippen molar-refractivity contribution in [2.24, 2.45) is 23.7 Å². The molecule has 2 fully saturated rings. The molecule has 4 bridgehead atoms. The number of hydrogen-bond acceptors (Lipinski definition) is 0. The molecule has 18 heavy (non-hydrogen) atoms. The summed E-state index contributed by atoms with van der Waals surface area (Å²) in [7, 11) is 0. The number of halogens is 6. The molecule has 4 aliphatic rings. The molecule has 2 saturated carbocycles. The van der Waals surface area contributed by atoms with Gasteiger partial charge in [-0.05, 0) is 30.1 Å². The van der Waals surface area contributed by atoms with Crippen LogP contribution in [0.2, 0.25) is 0 Å². The summed E-state index contributed by atoms with van der Waals surface area (Å²) in [6.45, 7) is 0. The van der Waals surface area contributed by atoms with Gasteiger partial charge in [0.15, 0.2) is 4.33 Å². The molecule has 0 saturated heterocycles. The quantitative estimate of drug-likeness (QED) is 0.312. The zero-order valence-electron chi connectivity index (χ0n) is 8.94. The van der Waals surface area contributed by atoms with Gasteiger partial charge < -0.3 is 0 Å². The molecule has 6 heteroatoms. The van der Waals surface area contributed by atoms with Crippen LogP contribution in [0.3, 0.4) is 0 Å². The van der Waals surface area contributed by atoms with Gasteiger partial charge in [-0.2, -0.15) is 0 Å². The summed E-state index contributed by atoms with van der Waals surface area (Å²) in [6.07, 6.45) is 5.40. The van der Waals surface area contributed by atoms with Crippen LogP contribution >= 0.6 is 69.6 Å². The average molecular weight is 365 g/mol. The molecule has 0 N–H and O–H groups in total. The Labute approximate surface area is 135 Å². The lowest BCUT2D eigenvalue weighted by atomic mass is 9.75. The second-order valence-corrected chi connectivity index (χ2v) is 8.90. The van der Waals surface area contributed by atoms with Crippen molar-refractivity contribution >= 4 is 69.6 Å². The Hall–Kier alpha value is 1.22. The summed E-state index contributed by atoms with van der Waals surface area (Å²) in [5.74, 6) is 0.815. The minimum Gasteiger partial charge on any atom is -0.109 e. The Kier molecular flexibility index (Phi) is 2.40. The van der Waals surface area contributed by atoms with E-state index in [2.05, 4.69) is 12.2 Å². The highest BCUT2D eigenvalue weighted by atomic mass is 35.5. The van der Waals surface area contributed by atoms with Crippen LogP contribution in [-0.4, -0.2) is 14.1 Å². The predicted octanol–water partition coefficient (Wildman–Crippen LogP) is 5.27. The minimum atomic E-state index is -1.37. The molecule has 0 nitrogen and oxygen atoms in total. The number of fused-ring (bicyclic) bond motifs is 9. The third kappa shape index (κ3) is 0.973. The van der Waals surface area contributed by atoms with E-state index in [4.69, 9.17) is 69.6 Å². The van der Waals surface area contributed by atoms with Gasteiger partial charge in [0.05, 0.1) is 10.1 Å². The van der Waals surface area contributed by atoms with Gasteiger partial charge in [0.25, 0.3) is 0 Å². The number of hydrogen-bond donors (Lipinski definition) is 0. The van der Waals surface area contributed by atoms with Crippen molar-refractivity contribution in [3.05, 3.63) is 22.2 Å². The summed E-state index contributed by atoms with van der Waals surface area (Å²) in [4.78, 5) is -2.13. The summed E-state index contributed by atoms with van der Waals surface area (Å²) in [5.41, 5.74) is 0. The zero-order valence-corrected chi connectivity index (χ0v) is 13.5. The first-order valence-corrected chi connectivity index (χ1v) is 8.05. The van der Waals surface area contributed by atoms with Gasteiger partial charge >= 0.3 is 0 Å². The molecular formula is C12H8Cl6. The van der Waals surface area contributed by atoms with E-state index in [1.54, 1.807) is 0 Å². The van der Waals surface area contributed by atoms with E-state index in [9.17, 15) is 0 Å². The molecule has 4 rings (SSSR count). The van der Waals surface area contributed by atoms with E-state index in [-0.39, 0.29) is 11.8 Å². The first-order valence-electron chi connectivity index (χ1n) is 5.78. The van der Waals surface area contributed by atoms with Crippen molar-refractivity contribution in [1.29, 1.82) is 0 Å². The second kappa shape index (κ2) is 3.34. The van der Waals surface area contributed by atoms with Crippen molar-refractivity contribution in [2.45, 2.75) is 20.5 Å². The fraction of sp³-hybridized carbons (Fsp3) is 0.667. The number of alkyl halides is 4. The SMILES string of the molecule is ClC1=C(Cl)[C@]2(Cl)[C@H]3[C@H]([C@H]4C=C[C@H]3C4)[C@@]1(Cl)C2(Cl)Cl. The highest BCUT2D eigenvalue weighted by molar-refractivity contribution is 6.65. The average Bonchev–Trinajstić information content (AvgIpc) is 2.97. The Morgan fingerprint density at radius 1 is 0.833 bits per heavy atom. The third-order valence-corrected chi connectivity index (χ3v) is 9.42. The van der Waals surface area contributed by atoms with E-state index in [1.165, 1.54) is 0 Å². The molecule has 0 spiro atoms. The predicted molar refractivity (Wildman–Crippen MR) is 78.1 cm³/mol.